The Balaban J connectivity index is 2.24. The Kier molecular flexibility index (Phi) is 6.36. The number of nitrogens with one attached hydrogen (secondary N) is 1. The van der Waals surface area contributed by atoms with E-state index in [1.807, 2.05) is 12.1 Å². The summed E-state index contributed by atoms with van der Waals surface area (Å²) in [7, 11) is -3.55. The zero-order chi connectivity index (χ0) is 17.7. The Labute approximate surface area is 156 Å². The maximum Gasteiger partial charge on any atom is 0.255 e. The highest BCUT2D eigenvalue weighted by Crippen LogP contribution is 2.20. The molecule has 0 unspecified atom stereocenters. The van der Waals surface area contributed by atoms with Gasteiger partial charge < -0.3 is 5.32 Å². The lowest BCUT2D eigenvalue weighted by atomic mass is 10.2. The summed E-state index contributed by atoms with van der Waals surface area (Å²) in [5, 5.41) is 2.74. The van der Waals surface area contributed by atoms with Gasteiger partial charge in [-0.1, -0.05) is 19.9 Å². The smallest absolute Gasteiger partial charge is 0.255 e. The van der Waals surface area contributed by atoms with Crippen LogP contribution in [-0.4, -0.2) is 31.7 Å². The van der Waals surface area contributed by atoms with E-state index in [9.17, 15) is 13.2 Å². The number of rotatable bonds is 6. The third-order valence-corrected chi connectivity index (χ3v) is 6.31. The first kappa shape index (κ1) is 18.9. The summed E-state index contributed by atoms with van der Waals surface area (Å²) in [6.45, 7) is 4.39. The lowest BCUT2D eigenvalue weighted by Crippen LogP contribution is -2.30. The first-order valence-corrected chi connectivity index (χ1v) is 10.1. The van der Waals surface area contributed by atoms with Gasteiger partial charge in [-0.2, -0.15) is 4.31 Å². The van der Waals surface area contributed by atoms with Gasteiger partial charge in [0.1, 0.15) is 0 Å². The number of sulfonamides is 1. The van der Waals surface area contributed by atoms with E-state index in [0.717, 1.165) is 3.57 Å². The normalized spacial score (nSPS) is 11.5. The van der Waals surface area contributed by atoms with E-state index < -0.39 is 10.0 Å². The highest BCUT2D eigenvalue weighted by molar-refractivity contribution is 14.1. The largest absolute Gasteiger partial charge is 0.322 e. The topological polar surface area (TPSA) is 66.5 Å². The molecule has 0 saturated heterocycles. The van der Waals surface area contributed by atoms with Gasteiger partial charge in [0.15, 0.2) is 0 Å². The summed E-state index contributed by atoms with van der Waals surface area (Å²) < 4.78 is 27.5. The third-order valence-electron chi connectivity index (χ3n) is 3.54. The molecule has 5 nitrogen and oxygen atoms in total. The molecule has 2 aromatic rings. The number of hydrogen-bond acceptors (Lipinski definition) is 3. The molecular formula is C17H19IN2O3S. The predicted octanol–water partition coefficient (Wildman–Crippen LogP) is 3.57. The van der Waals surface area contributed by atoms with Gasteiger partial charge in [0.2, 0.25) is 10.0 Å². The average molecular weight is 458 g/mol. The first-order chi connectivity index (χ1) is 11.4. The van der Waals surface area contributed by atoms with Crippen LogP contribution in [0.5, 0.6) is 0 Å². The van der Waals surface area contributed by atoms with Crippen LogP contribution < -0.4 is 5.32 Å². The van der Waals surface area contributed by atoms with E-state index in [1.165, 1.54) is 16.4 Å². The first-order valence-electron chi connectivity index (χ1n) is 7.55. The summed E-state index contributed by atoms with van der Waals surface area (Å²) in [6, 6.07) is 13.5. The fourth-order valence-electron chi connectivity index (χ4n) is 2.25. The van der Waals surface area contributed by atoms with E-state index in [0.29, 0.717) is 24.3 Å². The second kappa shape index (κ2) is 8.09. The van der Waals surface area contributed by atoms with E-state index in [-0.39, 0.29) is 10.8 Å². The predicted molar refractivity (Wildman–Crippen MR) is 104 cm³/mol. The van der Waals surface area contributed by atoms with Crippen LogP contribution in [-0.2, 0) is 10.0 Å². The molecule has 24 heavy (non-hydrogen) atoms. The van der Waals surface area contributed by atoms with Gasteiger partial charge in [0.25, 0.3) is 5.91 Å². The van der Waals surface area contributed by atoms with Crippen molar-refractivity contribution in [1.82, 2.24) is 4.31 Å². The average Bonchev–Trinajstić information content (AvgIpc) is 2.56. The molecule has 2 rings (SSSR count). The molecule has 0 heterocycles. The highest BCUT2D eigenvalue weighted by atomic mass is 127. The van der Waals surface area contributed by atoms with E-state index in [4.69, 9.17) is 0 Å². The third kappa shape index (κ3) is 4.34. The van der Waals surface area contributed by atoms with Gasteiger partial charge in [0, 0.05) is 27.9 Å². The van der Waals surface area contributed by atoms with Crippen LogP contribution in [0.15, 0.2) is 53.4 Å². The maximum atomic E-state index is 12.6. The number of hydrogen-bond donors (Lipinski definition) is 1. The quantitative estimate of drug-likeness (QED) is 0.674. The molecule has 1 amide bonds. The summed E-state index contributed by atoms with van der Waals surface area (Å²) in [5.74, 6) is -0.274. The maximum absolute atomic E-state index is 12.6. The molecular weight excluding hydrogens is 439 g/mol. The zero-order valence-electron chi connectivity index (χ0n) is 13.5. The second-order valence-electron chi connectivity index (χ2n) is 5.08. The van der Waals surface area contributed by atoms with E-state index in [1.54, 1.807) is 38.1 Å². The molecule has 0 radical (unpaired) electrons. The fraction of sp³-hybridized carbons (Fsp3) is 0.235. The molecule has 7 heteroatoms. The zero-order valence-corrected chi connectivity index (χ0v) is 16.5. The molecule has 0 fully saturated rings. The Hall–Kier alpha value is -1.45. The standard InChI is InChI=1S/C17H19IN2O3S/c1-3-20(4-2)24(22,23)16-7-5-6-15(12-16)19-17(21)13-8-10-14(18)11-9-13/h5-12H,3-4H2,1-2H3,(H,19,21). The summed E-state index contributed by atoms with van der Waals surface area (Å²) in [6.07, 6.45) is 0. The lowest BCUT2D eigenvalue weighted by Gasteiger charge is -2.18. The van der Waals surface area contributed by atoms with Crippen molar-refractivity contribution >= 4 is 44.2 Å². The molecule has 2 aromatic carbocycles. The molecule has 0 aliphatic rings. The van der Waals surface area contributed by atoms with Crippen LogP contribution in [0, 0.1) is 3.57 Å². The van der Waals surface area contributed by atoms with Gasteiger partial charge in [0.05, 0.1) is 4.90 Å². The van der Waals surface area contributed by atoms with Crippen LogP contribution >= 0.6 is 22.6 Å². The molecule has 0 aromatic heterocycles. The molecule has 0 saturated carbocycles. The van der Waals surface area contributed by atoms with Gasteiger partial charge in [-0.3, -0.25) is 4.79 Å². The second-order valence-corrected chi connectivity index (χ2v) is 8.26. The van der Waals surface area contributed by atoms with Crippen molar-refractivity contribution in [2.45, 2.75) is 18.7 Å². The summed E-state index contributed by atoms with van der Waals surface area (Å²) >= 11 is 2.17. The van der Waals surface area contributed by atoms with Gasteiger partial charge in [-0.05, 0) is 65.1 Å². The Morgan fingerprint density at radius 1 is 1.08 bits per heavy atom. The number of benzene rings is 2. The van der Waals surface area contributed by atoms with Crippen molar-refractivity contribution in [2.24, 2.45) is 0 Å². The number of carbonyl (C=O) groups is 1. The van der Waals surface area contributed by atoms with Crippen LogP contribution in [0.2, 0.25) is 0 Å². The van der Waals surface area contributed by atoms with Gasteiger partial charge in [-0.25, -0.2) is 8.42 Å². The lowest BCUT2D eigenvalue weighted by molar-refractivity contribution is 0.102. The Morgan fingerprint density at radius 3 is 2.29 bits per heavy atom. The molecule has 0 atom stereocenters. The van der Waals surface area contributed by atoms with E-state index >= 15 is 0 Å². The summed E-state index contributed by atoms with van der Waals surface area (Å²) in [4.78, 5) is 12.4. The molecule has 0 aliphatic heterocycles. The van der Waals surface area contributed by atoms with Crippen LogP contribution in [0.3, 0.4) is 0 Å². The molecule has 1 N–H and O–H groups in total. The summed E-state index contributed by atoms with van der Waals surface area (Å²) in [5.41, 5.74) is 0.971. The number of anilines is 1. The Morgan fingerprint density at radius 2 is 1.71 bits per heavy atom. The minimum Gasteiger partial charge on any atom is -0.322 e. The van der Waals surface area contributed by atoms with Crippen LogP contribution in [0.25, 0.3) is 0 Å². The van der Waals surface area contributed by atoms with Gasteiger partial charge in [-0.15, -0.1) is 0 Å². The fourth-order valence-corrected chi connectivity index (χ4v) is 4.12. The van der Waals surface area contributed by atoms with E-state index in [2.05, 4.69) is 27.9 Å². The minimum atomic E-state index is -3.55. The number of amides is 1. The molecule has 0 bridgehead atoms. The molecule has 0 aliphatic carbocycles. The number of nitrogens with zero attached hydrogens (tertiary/aromatic N) is 1. The van der Waals surface area contributed by atoms with Gasteiger partial charge >= 0.3 is 0 Å². The van der Waals surface area contributed by atoms with Crippen molar-refractivity contribution < 1.29 is 13.2 Å². The van der Waals surface area contributed by atoms with Crippen molar-refractivity contribution in [1.29, 1.82) is 0 Å². The molecule has 128 valence electrons. The monoisotopic (exact) mass is 458 g/mol. The Bertz CT molecular complexity index is 816. The van der Waals surface area contributed by atoms with Crippen LogP contribution in [0.1, 0.15) is 24.2 Å². The van der Waals surface area contributed by atoms with Crippen molar-refractivity contribution in [2.75, 3.05) is 18.4 Å². The minimum absolute atomic E-state index is 0.173. The molecule has 0 spiro atoms. The van der Waals surface area contributed by atoms with Crippen molar-refractivity contribution in [3.63, 3.8) is 0 Å². The van der Waals surface area contributed by atoms with Crippen LogP contribution in [0.4, 0.5) is 5.69 Å². The highest BCUT2D eigenvalue weighted by Gasteiger charge is 2.21. The van der Waals surface area contributed by atoms with Crippen molar-refractivity contribution in [3.05, 3.63) is 57.7 Å². The van der Waals surface area contributed by atoms with Crippen molar-refractivity contribution in [3.8, 4) is 0 Å². The SMILES string of the molecule is CCN(CC)S(=O)(=O)c1cccc(NC(=O)c2ccc(I)cc2)c1. The number of carbonyl (C=O) groups excluding carboxylic acids is 1. The number of halogens is 1.